The van der Waals surface area contributed by atoms with Crippen molar-refractivity contribution in [1.82, 2.24) is 14.8 Å². The number of unbranched alkanes of at least 4 members (excludes halogenated alkanes) is 1. The van der Waals surface area contributed by atoms with Gasteiger partial charge in [0, 0.05) is 59.6 Å². The molecule has 1 aliphatic rings. The SMILES string of the molecule is CO[Si](CCCCN(C)[Si](C)(C)C)(OC)OCCCN1CCNCC1. The smallest absolute Gasteiger partial charge is 0.377 e. The van der Waals surface area contributed by atoms with Gasteiger partial charge in [-0.3, -0.25) is 0 Å². The van der Waals surface area contributed by atoms with Gasteiger partial charge in [0.15, 0.2) is 0 Å². The second-order valence-electron chi connectivity index (χ2n) is 7.93. The number of rotatable bonds is 13. The Hall–Kier alpha value is 0.194. The third-order valence-electron chi connectivity index (χ3n) is 5.14. The number of hydrogen-bond donors (Lipinski definition) is 1. The molecule has 0 radical (unpaired) electrons. The topological polar surface area (TPSA) is 46.2 Å². The highest BCUT2D eigenvalue weighted by atomic mass is 28.4. The molecule has 1 heterocycles. The second kappa shape index (κ2) is 11.8. The molecule has 0 atom stereocenters. The van der Waals surface area contributed by atoms with E-state index in [1.54, 1.807) is 14.2 Å². The van der Waals surface area contributed by atoms with E-state index in [-0.39, 0.29) is 0 Å². The minimum absolute atomic E-state index is 0.729. The minimum atomic E-state index is -2.49. The molecule has 0 unspecified atom stereocenters. The van der Waals surface area contributed by atoms with Gasteiger partial charge in [0.05, 0.1) is 0 Å². The number of nitrogens with one attached hydrogen (secondary N) is 1. The van der Waals surface area contributed by atoms with Gasteiger partial charge in [0.2, 0.25) is 0 Å². The summed E-state index contributed by atoms with van der Waals surface area (Å²) in [4.78, 5) is 2.49. The third kappa shape index (κ3) is 9.10. The van der Waals surface area contributed by atoms with Crippen LogP contribution < -0.4 is 5.32 Å². The standard InChI is InChI=1S/C17H41N3O3Si2/c1-19(24(4,5)6)12-7-8-17-25(21-2,22-3)23-16-9-13-20-14-10-18-11-15-20/h18H,7-17H2,1-6H3. The van der Waals surface area contributed by atoms with Gasteiger partial charge >= 0.3 is 8.80 Å². The van der Waals surface area contributed by atoms with Crippen LogP contribution in [0, 0.1) is 0 Å². The maximum atomic E-state index is 6.14. The van der Waals surface area contributed by atoms with Crippen molar-refractivity contribution in [3.05, 3.63) is 0 Å². The summed E-state index contributed by atoms with van der Waals surface area (Å²) in [5.74, 6) is 0. The summed E-state index contributed by atoms with van der Waals surface area (Å²) in [7, 11) is 2.06. The van der Waals surface area contributed by atoms with Crippen LogP contribution in [0.4, 0.5) is 0 Å². The zero-order chi connectivity index (χ0) is 18.8. The molecule has 25 heavy (non-hydrogen) atoms. The van der Waals surface area contributed by atoms with Gasteiger partial charge in [-0.05, 0) is 32.9 Å². The lowest BCUT2D eigenvalue weighted by molar-refractivity contribution is 0.0913. The van der Waals surface area contributed by atoms with E-state index in [1.807, 2.05) is 0 Å². The first-order valence-electron chi connectivity index (χ1n) is 9.71. The van der Waals surface area contributed by atoms with E-state index in [9.17, 15) is 0 Å². The zero-order valence-corrected chi connectivity index (χ0v) is 19.4. The Morgan fingerprint density at radius 3 is 2.20 bits per heavy atom. The molecular weight excluding hydrogens is 350 g/mol. The Kier molecular flexibility index (Phi) is 11.0. The van der Waals surface area contributed by atoms with Gasteiger partial charge < -0.3 is 28.1 Å². The number of piperazine rings is 1. The van der Waals surface area contributed by atoms with Crippen LogP contribution in [0.5, 0.6) is 0 Å². The van der Waals surface area contributed by atoms with Crippen molar-refractivity contribution in [3.8, 4) is 0 Å². The molecule has 0 saturated carbocycles. The molecule has 0 bridgehead atoms. The lowest BCUT2D eigenvalue weighted by Gasteiger charge is -2.31. The van der Waals surface area contributed by atoms with E-state index in [4.69, 9.17) is 13.3 Å². The summed E-state index contributed by atoms with van der Waals surface area (Å²) in [6.07, 6.45) is 3.31. The monoisotopic (exact) mass is 391 g/mol. The van der Waals surface area contributed by atoms with Crippen molar-refractivity contribution in [1.29, 1.82) is 0 Å². The van der Waals surface area contributed by atoms with E-state index in [1.165, 1.54) is 6.42 Å². The van der Waals surface area contributed by atoms with Crippen molar-refractivity contribution in [2.45, 2.75) is 44.9 Å². The van der Waals surface area contributed by atoms with Crippen LogP contribution in [0.25, 0.3) is 0 Å². The molecule has 8 heteroatoms. The van der Waals surface area contributed by atoms with Crippen LogP contribution in [0.3, 0.4) is 0 Å². The fraction of sp³-hybridized carbons (Fsp3) is 1.00. The molecular formula is C17H41N3O3Si2. The maximum Gasteiger partial charge on any atom is 0.500 e. The second-order valence-corrected chi connectivity index (χ2v) is 16.0. The van der Waals surface area contributed by atoms with Crippen molar-refractivity contribution in [2.75, 3.05) is 67.1 Å². The Balaban J connectivity index is 2.25. The number of nitrogens with zero attached hydrogens (tertiary/aromatic N) is 2. The predicted molar refractivity (Wildman–Crippen MR) is 110 cm³/mol. The van der Waals surface area contributed by atoms with Gasteiger partial charge in [0.1, 0.15) is 8.24 Å². The van der Waals surface area contributed by atoms with Crippen molar-refractivity contribution >= 4 is 17.0 Å². The summed E-state index contributed by atoms with van der Waals surface area (Å²) >= 11 is 0. The van der Waals surface area contributed by atoms with E-state index in [2.05, 4.69) is 41.5 Å². The van der Waals surface area contributed by atoms with Crippen molar-refractivity contribution in [3.63, 3.8) is 0 Å². The average molecular weight is 392 g/mol. The lowest BCUT2D eigenvalue weighted by Crippen LogP contribution is -2.46. The van der Waals surface area contributed by atoms with E-state index in [0.29, 0.717) is 0 Å². The Labute approximate surface area is 157 Å². The molecule has 1 fully saturated rings. The molecule has 150 valence electrons. The molecule has 1 rings (SSSR count). The molecule has 0 aliphatic carbocycles. The van der Waals surface area contributed by atoms with Crippen LogP contribution in [0.1, 0.15) is 19.3 Å². The highest BCUT2D eigenvalue weighted by molar-refractivity contribution is 6.73. The highest BCUT2D eigenvalue weighted by Gasteiger charge is 2.38. The summed E-state index contributed by atoms with van der Waals surface area (Å²) in [5, 5.41) is 3.39. The summed E-state index contributed by atoms with van der Waals surface area (Å²) < 4.78 is 20.1. The Morgan fingerprint density at radius 2 is 1.64 bits per heavy atom. The molecule has 1 saturated heterocycles. The third-order valence-corrected chi connectivity index (χ3v) is 10.5. The molecule has 6 nitrogen and oxygen atoms in total. The van der Waals surface area contributed by atoms with Crippen molar-refractivity contribution < 1.29 is 13.3 Å². The van der Waals surface area contributed by atoms with Crippen LogP contribution in [0.15, 0.2) is 0 Å². The molecule has 0 amide bonds. The van der Waals surface area contributed by atoms with E-state index in [0.717, 1.165) is 64.8 Å². The predicted octanol–water partition coefficient (Wildman–Crippen LogP) is 2.08. The zero-order valence-electron chi connectivity index (χ0n) is 17.4. The fourth-order valence-electron chi connectivity index (χ4n) is 2.95. The minimum Gasteiger partial charge on any atom is -0.377 e. The molecule has 0 aromatic carbocycles. The normalized spacial score (nSPS) is 17.4. The van der Waals surface area contributed by atoms with Crippen LogP contribution >= 0.6 is 0 Å². The molecule has 0 aromatic rings. The molecule has 0 aromatic heterocycles. The van der Waals surface area contributed by atoms with Gasteiger partial charge in [-0.1, -0.05) is 19.6 Å². The quantitative estimate of drug-likeness (QED) is 0.383. The maximum absolute atomic E-state index is 6.14. The average Bonchev–Trinajstić information content (AvgIpc) is 2.60. The molecule has 1 aliphatic heterocycles. The Bertz CT molecular complexity index is 347. The van der Waals surface area contributed by atoms with Crippen molar-refractivity contribution in [2.24, 2.45) is 0 Å². The van der Waals surface area contributed by atoms with Gasteiger partial charge in [-0.25, -0.2) is 0 Å². The summed E-state index contributed by atoms with van der Waals surface area (Å²) in [6.45, 7) is 14.6. The first-order valence-corrected chi connectivity index (χ1v) is 15.1. The summed E-state index contributed by atoms with van der Waals surface area (Å²) in [5.41, 5.74) is 0. The van der Waals surface area contributed by atoms with Crippen LogP contribution in [-0.2, 0) is 13.3 Å². The van der Waals surface area contributed by atoms with Crippen LogP contribution in [-0.4, -0.2) is 93.6 Å². The van der Waals surface area contributed by atoms with E-state index < -0.39 is 17.0 Å². The fourth-order valence-corrected chi connectivity index (χ4v) is 5.88. The summed E-state index contributed by atoms with van der Waals surface area (Å²) in [6, 6.07) is 0.910. The largest absolute Gasteiger partial charge is 0.500 e. The first-order chi connectivity index (χ1) is 11.8. The van der Waals surface area contributed by atoms with E-state index >= 15 is 0 Å². The van der Waals surface area contributed by atoms with Crippen LogP contribution in [0.2, 0.25) is 25.7 Å². The Morgan fingerprint density at radius 1 is 1.00 bits per heavy atom. The molecule has 0 spiro atoms. The van der Waals surface area contributed by atoms with Gasteiger partial charge in [0.25, 0.3) is 0 Å². The van der Waals surface area contributed by atoms with Gasteiger partial charge in [-0.2, -0.15) is 0 Å². The molecule has 1 N–H and O–H groups in total. The number of hydrogen-bond acceptors (Lipinski definition) is 6. The highest BCUT2D eigenvalue weighted by Crippen LogP contribution is 2.19. The lowest BCUT2D eigenvalue weighted by atomic mass is 10.3. The van der Waals surface area contributed by atoms with Gasteiger partial charge in [-0.15, -0.1) is 0 Å². The first kappa shape index (κ1) is 23.2.